The molecule has 15 heavy (non-hydrogen) atoms. The average molecular weight is 199 g/mol. The molecule has 1 heterocycles. The van der Waals surface area contributed by atoms with Crippen molar-refractivity contribution in [3.63, 3.8) is 0 Å². The van der Waals surface area contributed by atoms with Gasteiger partial charge in [-0.05, 0) is 24.1 Å². The van der Waals surface area contributed by atoms with Gasteiger partial charge in [-0.15, -0.1) is 0 Å². The van der Waals surface area contributed by atoms with Gasteiger partial charge in [-0.2, -0.15) is 5.10 Å². The van der Waals surface area contributed by atoms with E-state index in [1.807, 2.05) is 41.2 Å². The first kappa shape index (κ1) is 8.68. The molecule has 0 amide bonds. The van der Waals surface area contributed by atoms with Crippen molar-refractivity contribution in [2.75, 3.05) is 0 Å². The molecule has 1 aliphatic rings. The number of hydrogen-bond acceptors (Lipinski definition) is 2. The van der Waals surface area contributed by atoms with Crippen LogP contribution in [0.25, 0.3) is 5.69 Å². The van der Waals surface area contributed by atoms with Crippen molar-refractivity contribution in [1.82, 2.24) is 9.78 Å². The van der Waals surface area contributed by atoms with E-state index in [9.17, 15) is 0 Å². The summed E-state index contributed by atoms with van der Waals surface area (Å²) in [6.07, 6.45) is 5.10. The van der Waals surface area contributed by atoms with Gasteiger partial charge in [0.05, 0.1) is 11.9 Å². The van der Waals surface area contributed by atoms with Crippen LogP contribution in [0.3, 0.4) is 0 Å². The van der Waals surface area contributed by atoms with Crippen molar-refractivity contribution in [2.45, 2.75) is 18.4 Å². The zero-order valence-corrected chi connectivity index (χ0v) is 8.38. The van der Waals surface area contributed by atoms with Crippen molar-refractivity contribution in [3.8, 4) is 5.69 Å². The lowest BCUT2D eigenvalue weighted by Crippen LogP contribution is -2.00. The van der Waals surface area contributed by atoms with E-state index in [2.05, 4.69) is 11.3 Å². The van der Waals surface area contributed by atoms with Gasteiger partial charge in [0.1, 0.15) is 0 Å². The van der Waals surface area contributed by atoms with Crippen molar-refractivity contribution in [1.29, 1.82) is 0 Å². The highest BCUT2D eigenvalue weighted by Gasteiger charge is 2.35. The molecule has 3 rings (SSSR count). The Kier molecular flexibility index (Phi) is 1.86. The summed E-state index contributed by atoms with van der Waals surface area (Å²) in [5, 5.41) is 4.34. The predicted octanol–water partition coefficient (Wildman–Crippen LogP) is 1.69. The average Bonchev–Trinajstić information content (AvgIpc) is 2.83. The van der Waals surface area contributed by atoms with E-state index in [1.54, 1.807) is 0 Å². The Morgan fingerprint density at radius 3 is 2.67 bits per heavy atom. The number of para-hydroxylation sites is 1. The minimum atomic E-state index is 0.346. The first-order valence-electron chi connectivity index (χ1n) is 5.20. The van der Waals surface area contributed by atoms with Crippen LogP contribution in [0.2, 0.25) is 0 Å². The number of rotatable bonds is 2. The first-order chi connectivity index (χ1) is 7.34. The van der Waals surface area contributed by atoms with Gasteiger partial charge in [-0.1, -0.05) is 18.2 Å². The molecule has 2 aromatic rings. The summed E-state index contributed by atoms with van der Waals surface area (Å²) in [7, 11) is 0. The topological polar surface area (TPSA) is 43.8 Å². The zero-order valence-electron chi connectivity index (χ0n) is 8.38. The molecule has 0 aliphatic heterocycles. The fourth-order valence-corrected chi connectivity index (χ4v) is 1.85. The second kappa shape index (κ2) is 3.21. The summed E-state index contributed by atoms with van der Waals surface area (Å²) in [5.41, 5.74) is 8.16. The standard InChI is InChI=1S/C12H13N3/c13-12-6-11(12)9-7-14-15(8-9)10-4-2-1-3-5-10/h1-5,7-8,11-12H,6,13H2/t11-,12+/m0/s1. The molecule has 0 bridgehead atoms. The summed E-state index contributed by atoms with van der Waals surface area (Å²) in [6.45, 7) is 0. The maximum absolute atomic E-state index is 5.81. The lowest BCUT2D eigenvalue weighted by atomic mass is 10.2. The largest absolute Gasteiger partial charge is 0.327 e. The van der Waals surface area contributed by atoms with Crippen molar-refractivity contribution >= 4 is 0 Å². The van der Waals surface area contributed by atoms with Crippen LogP contribution in [0.4, 0.5) is 0 Å². The maximum Gasteiger partial charge on any atom is 0.0645 e. The third-order valence-corrected chi connectivity index (χ3v) is 2.89. The third-order valence-electron chi connectivity index (χ3n) is 2.89. The molecule has 1 aromatic heterocycles. The van der Waals surface area contributed by atoms with Crippen LogP contribution >= 0.6 is 0 Å². The summed E-state index contributed by atoms with van der Waals surface area (Å²) >= 11 is 0. The van der Waals surface area contributed by atoms with Gasteiger partial charge < -0.3 is 5.73 Å². The molecule has 2 atom stereocenters. The van der Waals surface area contributed by atoms with E-state index in [-0.39, 0.29) is 0 Å². The minimum absolute atomic E-state index is 0.346. The number of nitrogens with two attached hydrogens (primary N) is 1. The van der Waals surface area contributed by atoms with Crippen LogP contribution in [-0.4, -0.2) is 15.8 Å². The van der Waals surface area contributed by atoms with Gasteiger partial charge >= 0.3 is 0 Å². The minimum Gasteiger partial charge on any atom is -0.327 e. The Bertz CT molecular complexity index is 461. The van der Waals surface area contributed by atoms with Gasteiger partial charge in [0.25, 0.3) is 0 Å². The van der Waals surface area contributed by atoms with Gasteiger partial charge in [0.15, 0.2) is 0 Å². The molecule has 3 heteroatoms. The third kappa shape index (κ3) is 1.55. The van der Waals surface area contributed by atoms with E-state index in [4.69, 9.17) is 5.73 Å². The molecule has 2 N–H and O–H groups in total. The van der Waals surface area contributed by atoms with Crippen LogP contribution in [0.5, 0.6) is 0 Å². The van der Waals surface area contributed by atoms with Gasteiger partial charge in [-0.25, -0.2) is 4.68 Å². The fourth-order valence-electron chi connectivity index (χ4n) is 1.85. The predicted molar refractivity (Wildman–Crippen MR) is 58.9 cm³/mol. The summed E-state index contributed by atoms with van der Waals surface area (Å²) in [6, 6.07) is 10.5. The summed E-state index contributed by atoms with van der Waals surface area (Å²) < 4.78 is 1.90. The van der Waals surface area contributed by atoms with Crippen LogP contribution in [0.15, 0.2) is 42.7 Å². The first-order valence-corrected chi connectivity index (χ1v) is 5.20. The zero-order chi connectivity index (χ0) is 10.3. The van der Waals surface area contributed by atoms with Crippen molar-refractivity contribution in [3.05, 3.63) is 48.3 Å². The molecule has 1 aromatic carbocycles. The Labute approximate surface area is 88.5 Å². The SMILES string of the molecule is N[C@@H]1C[C@H]1c1cnn(-c2ccccc2)c1. The number of nitrogens with zero attached hydrogens (tertiary/aromatic N) is 2. The Morgan fingerprint density at radius 1 is 1.27 bits per heavy atom. The van der Waals surface area contributed by atoms with E-state index in [0.29, 0.717) is 12.0 Å². The molecule has 1 saturated carbocycles. The lowest BCUT2D eigenvalue weighted by Gasteiger charge is -1.98. The fraction of sp³-hybridized carbons (Fsp3) is 0.250. The normalized spacial score (nSPS) is 24.1. The van der Waals surface area contributed by atoms with Crippen molar-refractivity contribution in [2.24, 2.45) is 5.73 Å². The quantitative estimate of drug-likeness (QED) is 0.799. The smallest absolute Gasteiger partial charge is 0.0645 e. The molecule has 0 spiro atoms. The van der Waals surface area contributed by atoms with E-state index >= 15 is 0 Å². The van der Waals surface area contributed by atoms with Gasteiger partial charge in [-0.3, -0.25) is 0 Å². The van der Waals surface area contributed by atoms with Crippen LogP contribution in [-0.2, 0) is 0 Å². The van der Waals surface area contributed by atoms with E-state index < -0.39 is 0 Å². The molecule has 1 fully saturated rings. The van der Waals surface area contributed by atoms with Crippen LogP contribution < -0.4 is 5.73 Å². The molecule has 0 saturated heterocycles. The van der Waals surface area contributed by atoms with Crippen molar-refractivity contribution < 1.29 is 0 Å². The molecule has 76 valence electrons. The maximum atomic E-state index is 5.81. The van der Waals surface area contributed by atoms with Crippen LogP contribution in [0, 0.1) is 0 Å². The molecule has 1 aliphatic carbocycles. The van der Waals surface area contributed by atoms with Gasteiger partial charge in [0, 0.05) is 18.2 Å². The second-order valence-electron chi connectivity index (χ2n) is 4.06. The van der Waals surface area contributed by atoms with Gasteiger partial charge in [0.2, 0.25) is 0 Å². The van der Waals surface area contributed by atoms with E-state index in [1.165, 1.54) is 5.56 Å². The molecule has 0 unspecified atom stereocenters. The highest BCUT2D eigenvalue weighted by molar-refractivity contribution is 5.33. The summed E-state index contributed by atoms with van der Waals surface area (Å²) in [4.78, 5) is 0. The molecular weight excluding hydrogens is 186 g/mol. The second-order valence-corrected chi connectivity index (χ2v) is 4.06. The van der Waals surface area contributed by atoms with Crippen LogP contribution in [0.1, 0.15) is 17.9 Å². The molecule has 3 nitrogen and oxygen atoms in total. The highest BCUT2D eigenvalue weighted by atomic mass is 15.3. The number of aromatic nitrogens is 2. The Hall–Kier alpha value is -1.61. The number of benzene rings is 1. The lowest BCUT2D eigenvalue weighted by molar-refractivity contribution is 0.879. The molecular formula is C12H13N3. The number of hydrogen-bond donors (Lipinski definition) is 1. The molecule has 0 radical (unpaired) electrons. The monoisotopic (exact) mass is 199 g/mol. The Balaban J connectivity index is 1.91. The summed E-state index contributed by atoms with van der Waals surface area (Å²) in [5.74, 6) is 0.530. The highest BCUT2D eigenvalue weighted by Crippen LogP contribution is 2.38. The Morgan fingerprint density at radius 2 is 2.00 bits per heavy atom. The van der Waals surface area contributed by atoms with E-state index in [0.717, 1.165) is 12.1 Å².